The van der Waals surface area contributed by atoms with Crippen molar-refractivity contribution >= 4 is 12.0 Å². The maximum Gasteiger partial charge on any atom is 0.150 e. The zero-order valence-electron chi connectivity index (χ0n) is 12.2. The molecule has 0 atom stereocenters. The molecule has 3 rings (SSSR count). The number of rotatable bonds is 5. The minimum absolute atomic E-state index is 0.631. The summed E-state index contributed by atoms with van der Waals surface area (Å²) in [6.45, 7) is 4.87. The van der Waals surface area contributed by atoms with Gasteiger partial charge in [-0.3, -0.25) is 4.79 Å². The lowest BCUT2D eigenvalue weighted by Gasteiger charge is -2.32. The van der Waals surface area contributed by atoms with E-state index >= 15 is 0 Å². The Kier molecular flexibility index (Phi) is 3.95. The number of benzene rings is 1. The number of hydrogen-bond acceptors (Lipinski definition) is 3. The second kappa shape index (κ2) is 5.86. The molecule has 0 unspecified atom stereocenters. The van der Waals surface area contributed by atoms with E-state index in [9.17, 15) is 4.79 Å². The topological polar surface area (TPSA) is 29.5 Å². The highest BCUT2D eigenvalue weighted by molar-refractivity contribution is 5.80. The summed E-state index contributed by atoms with van der Waals surface area (Å²) < 4.78 is 5.85. The second-order valence-electron chi connectivity index (χ2n) is 5.83. The van der Waals surface area contributed by atoms with Gasteiger partial charge in [0.25, 0.3) is 0 Å². The monoisotopic (exact) mass is 273 g/mol. The number of carbonyl (C=O) groups excluding carboxylic acids is 1. The van der Waals surface area contributed by atoms with Crippen molar-refractivity contribution in [2.24, 2.45) is 0 Å². The maximum atomic E-state index is 11.2. The smallest absolute Gasteiger partial charge is 0.150 e. The number of ether oxygens (including phenoxy) is 1. The molecule has 0 aromatic heterocycles. The minimum atomic E-state index is 0.631. The fourth-order valence-corrected chi connectivity index (χ4v) is 3.15. The Morgan fingerprint density at radius 1 is 1.25 bits per heavy atom. The second-order valence-corrected chi connectivity index (χ2v) is 5.83. The molecule has 1 aromatic rings. The first kappa shape index (κ1) is 13.5. The molecule has 2 fully saturated rings. The van der Waals surface area contributed by atoms with Crippen LogP contribution in [0, 0.1) is 0 Å². The number of anilines is 1. The Balaban J connectivity index is 2.04. The van der Waals surface area contributed by atoms with Gasteiger partial charge in [-0.1, -0.05) is 0 Å². The molecule has 108 valence electrons. The van der Waals surface area contributed by atoms with Crippen LogP contribution in [0.4, 0.5) is 5.69 Å². The summed E-state index contributed by atoms with van der Waals surface area (Å²) in [4.78, 5) is 13.6. The Morgan fingerprint density at radius 2 is 2.00 bits per heavy atom. The van der Waals surface area contributed by atoms with E-state index in [2.05, 4.69) is 11.0 Å². The number of nitrogens with zero attached hydrogens (tertiary/aromatic N) is 1. The quantitative estimate of drug-likeness (QED) is 0.765. The van der Waals surface area contributed by atoms with Crippen LogP contribution >= 0.6 is 0 Å². The van der Waals surface area contributed by atoms with Gasteiger partial charge in [-0.25, -0.2) is 0 Å². The van der Waals surface area contributed by atoms with Crippen LogP contribution < -0.4 is 9.64 Å². The van der Waals surface area contributed by atoms with E-state index in [0.29, 0.717) is 12.5 Å². The summed E-state index contributed by atoms with van der Waals surface area (Å²) in [5.41, 5.74) is 3.34. The van der Waals surface area contributed by atoms with Crippen molar-refractivity contribution in [2.75, 3.05) is 24.6 Å². The van der Waals surface area contributed by atoms with E-state index in [0.717, 1.165) is 30.7 Å². The first-order valence-corrected chi connectivity index (χ1v) is 7.84. The van der Waals surface area contributed by atoms with Crippen molar-refractivity contribution in [3.05, 3.63) is 23.3 Å². The molecule has 3 heteroatoms. The molecule has 0 radical (unpaired) electrons. The highest BCUT2D eigenvalue weighted by atomic mass is 16.5. The van der Waals surface area contributed by atoms with Gasteiger partial charge < -0.3 is 9.64 Å². The molecule has 1 aromatic carbocycles. The van der Waals surface area contributed by atoms with Crippen LogP contribution in [0.15, 0.2) is 12.1 Å². The summed E-state index contributed by atoms with van der Waals surface area (Å²) in [6.07, 6.45) is 7.26. The number of piperidine rings is 1. The predicted molar refractivity (Wildman–Crippen MR) is 81.0 cm³/mol. The third-order valence-corrected chi connectivity index (χ3v) is 4.25. The largest absolute Gasteiger partial charge is 0.492 e. The van der Waals surface area contributed by atoms with Gasteiger partial charge in [-0.2, -0.15) is 0 Å². The summed E-state index contributed by atoms with van der Waals surface area (Å²) in [5.74, 6) is 1.53. The molecule has 3 nitrogen and oxygen atoms in total. The van der Waals surface area contributed by atoms with Crippen molar-refractivity contribution in [3.63, 3.8) is 0 Å². The number of hydrogen-bond donors (Lipinski definition) is 0. The van der Waals surface area contributed by atoms with E-state index in [1.165, 1.54) is 43.4 Å². The van der Waals surface area contributed by atoms with Crippen molar-refractivity contribution < 1.29 is 9.53 Å². The molecule has 0 amide bonds. The molecule has 0 bridgehead atoms. The molecular formula is C17H23NO2. The molecule has 2 aliphatic rings. The fourth-order valence-electron chi connectivity index (χ4n) is 3.15. The third-order valence-electron chi connectivity index (χ3n) is 4.25. The average Bonchev–Trinajstić information content (AvgIpc) is 3.32. The molecule has 1 aliphatic carbocycles. The zero-order valence-corrected chi connectivity index (χ0v) is 12.2. The Labute approximate surface area is 120 Å². The average molecular weight is 273 g/mol. The van der Waals surface area contributed by atoms with E-state index in [1.807, 2.05) is 13.0 Å². The van der Waals surface area contributed by atoms with Crippen LogP contribution in [-0.2, 0) is 0 Å². The van der Waals surface area contributed by atoms with E-state index < -0.39 is 0 Å². The van der Waals surface area contributed by atoms with Crippen molar-refractivity contribution in [2.45, 2.75) is 44.9 Å². The first-order chi connectivity index (χ1) is 9.83. The number of carbonyl (C=O) groups is 1. The molecule has 1 aliphatic heterocycles. The maximum absolute atomic E-state index is 11.2. The molecular weight excluding hydrogens is 250 g/mol. The van der Waals surface area contributed by atoms with E-state index in [4.69, 9.17) is 4.74 Å². The van der Waals surface area contributed by atoms with Gasteiger partial charge in [0.2, 0.25) is 0 Å². The Bertz CT molecular complexity index is 488. The van der Waals surface area contributed by atoms with Gasteiger partial charge in [0, 0.05) is 18.7 Å². The van der Waals surface area contributed by atoms with Crippen molar-refractivity contribution in [1.29, 1.82) is 0 Å². The van der Waals surface area contributed by atoms with Gasteiger partial charge in [0.1, 0.15) is 12.0 Å². The van der Waals surface area contributed by atoms with Crippen LogP contribution in [0.5, 0.6) is 5.75 Å². The highest BCUT2D eigenvalue weighted by Gasteiger charge is 2.31. The van der Waals surface area contributed by atoms with Crippen LogP contribution in [0.3, 0.4) is 0 Å². The molecule has 0 N–H and O–H groups in total. The molecule has 1 saturated heterocycles. The standard InChI is InChI=1S/C17H23NO2/c1-2-20-16-11-13(12-19)10-15(14-6-7-14)17(16)18-8-4-3-5-9-18/h10-12,14H,2-9H2,1H3. The molecule has 20 heavy (non-hydrogen) atoms. The first-order valence-electron chi connectivity index (χ1n) is 7.84. The SMILES string of the molecule is CCOc1cc(C=O)cc(C2CC2)c1N1CCCCC1. The van der Waals surface area contributed by atoms with Crippen LogP contribution in [0.2, 0.25) is 0 Å². The van der Waals surface area contributed by atoms with E-state index in [-0.39, 0.29) is 0 Å². The van der Waals surface area contributed by atoms with Crippen LogP contribution in [0.1, 0.15) is 60.9 Å². The lowest BCUT2D eigenvalue weighted by molar-refractivity contribution is 0.112. The van der Waals surface area contributed by atoms with Gasteiger partial charge in [-0.15, -0.1) is 0 Å². The van der Waals surface area contributed by atoms with Crippen molar-refractivity contribution in [3.8, 4) is 5.75 Å². The van der Waals surface area contributed by atoms with E-state index in [1.54, 1.807) is 0 Å². The number of aldehydes is 1. The molecule has 1 saturated carbocycles. The van der Waals surface area contributed by atoms with Crippen LogP contribution in [0.25, 0.3) is 0 Å². The fraction of sp³-hybridized carbons (Fsp3) is 0.588. The summed E-state index contributed by atoms with van der Waals surface area (Å²) in [6, 6.07) is 3.99. The summed E-state index contributed by atoms with van der Waals surface area (Å²) in [7, 11) is 0. The van der Waals surface area contributed by atoms with Gasteiger partial charge in [0.15, 0.2) is 0 Å². The highest BCUT2D eigenvalue weighted by Crippen LogP contribution is 2.48. The predicted octanol–water partition coefficient (Wildman–Crippen LogP) is 3.77. The Morgan fingerprint density at radius 3 is 2.60 bits per heavy atom. The van der Waals surface area contributed by atoms with Crippen LogP contribution in [-0.4, -0.2) is 26.0 Å². The lowest BCUT2D eigenvalue weighted by atomic mass is 10.0. The molecule has 0 spiro atoms. The third kappa shape index (κ3) is 2.67. The van der Waals surface area contributed by atoms with Crippen molar-refractivity contribution in [1.82, 2.24) is 0 Å². The summed E-state index contributed by atoms with van der Waals surface area (Å²) >= 11 is 0. The normalized spacial score (nSPS) is 18.9. The van der Waals surface area contributed by atoms with Gasteiger partial charge in [0.05, 0.1) is 12.3 Å². The Hall–Kier alpha value is -1.51. The minimum Gasteiger partial charge on any atom is -0.492 e. The van der Waals surface area contributed by atoms with Gasteiger partial charge in [-0.05, 0) is 62.6 Å². The lowest BCUT2D eigenvalue weighted by Crippen LogP contribution is -2.30. The zero-order chi connectivity index (χ0) is 13.9. The van der Waals surface area contributed by atoms with Gasteiger partial charge >= 0.3 is 0 Å². The summed E-state index contributed by atoms with van der Waals surface area (Å²) in [5, 5.41) is 0. The molecule has 1 heterocycles.